The molecule has 0 atom stereocenters. The monoisotopic (exact) mass is 303 g/mol. The van der Waals surface area contributed by atoms with Gasteiger partial charge in [-0.1, -0.05) is 40.2 Å². The van der Waals surface area contributed by atoms with Crippen molar-refractivity contribution in [2.45, 2.75) is 6.54 Å². The maximum absolute atomic E-state index is 5.66. The predicted octanol–water partition coefficient (Wildman–Crippen LogP) is 3.85. The zero-order chi connectivity index (χ0) is 12.4. The fourth-order valence-electron chi connectivity index (χ4n) is 2.25. The van der Waals surface area contributed by atoms with Crippen LogP contribution >= 0.6 is 15.9 Å². The minimum Gasteiger partial charge on any atom is -0.490 e. The lowest BCUT2D eigenvalue weighted by molar-refractivity contribution is 0.307. The van der Waals surface area contributed by atoms with Gasteiger partial charge in [-0.2, -0.15) is 0 Å². The summed E-state index contributed by atoms with van der Waals surface area (Å²) in [5.74, 6) is 0.985. The van der Waals surface area contributed by atoms with E-state index in [0.717, 1.165) is 29.9 Å². The number of hydrogen-bond acceptors (Lipinski definition) is 2. The molecule has 0 N–H and O–H groups in total. The standard InChI is InChI=1S/C15H14BrNO/c16-13-5-3-4-12(10-13)11-17-8-9-18-15-7-2-1-6-14(15)17/h1-7,10H,8-9,11H2. The highest BCUT2D eigenvalue weighted by Gasteiger charge is 2.17. The Morgan fingerprint density at radius 3 is 2.89 bits per heavy atom. The zero-order valence-corrected chi connectivity index (χ0v) is 11.6. The summed E-state index contributed by atoms with van der Waals surface area (Å²) in [6, 6.07) is 16.7. The van der Waals surface area contributed by atoms with Gasteiger partial charge in [0.2, 0.25) is 0 Å². The van der Waals surface area contributed by atoms with E-state index in [4.69, 9.17) is 4.74 Å². The third-order valence-electron chi connectivity index (χ3n) is 3.09. The Balaban J connectivity index is 1.86. The van der Waals surface area contributed by atoms with Gasteiger partial charge in [-0.15, -0.1) is 0 Å². The number of fused-ring (bicyclic) bond motifs is 1. The second kappa shape index (κ2) is 5.02. The Hall–Kier alpha value is -1.48. The predicted molar refractivity (Wildman–Crippen MR) is 77.1 cm³/mol. The zero-order valence-electron chi connectivity index (χ0n) is 9.97. The maximum atomic E-state index is 5.66. The smallest absolute Gasteiger partial charge is 0.142 e. The van der Waals surface area contributed by atoms with E-state index in [0.29, 0.717) is 0 Å². The van der Waals surface area contributed by atoms with Crippen LogP contribution in [0.25, 0.3) is 0 Å². The third-order valence-corrected chi connectivity index (χ3v) is 3.58. The second-order valence-corrected chi connectivity index (χ2v) is 5.28. The summed E-state index contributed by atoms with van der Waals surface area (Å²) >= 11 is 3.52. The minimum absolute atomic E-state index is 0.755. The molecule has 0 saturated carbocycles. The summed E-state index contributed by atoms with van der Waals surface area (Å²) in [4.78, 5) is 2.36. The van der Waals surface area contributed by atoms with Gasteiger partial charge in [0.15, 0.2) is 0 Å². The molecule has 0 radical (unpaired) electrons. The first kappa shape index (κ1) is 11.6. The molecule has 0 amide bonds. The summed E-state index contributed by atoms with van der Waals surface area (Å²) in [5, 5.41) is 0. The van der Waals surface area contributed by atoms with Crippen LogP contribution in [0, 0.1) is 0 Å². The first-order valence-electron chi connectivity index (χ1n) is 6.04. The van der Waals surface area contributed by atoms with Crippen molar-refractivity contribution in [2.24, 2.45) is 0 Å². The van der Waals surface area contributed by atoms with Gasteiger partial charge in [0.05, 0.1) is 12.2 Å². The largest absolute Gasteiger partial charge is 0.490 e. The van der Waals surface area contributed by atoms with E-state index in [1.165, 1.54) is 11.3 Å². The minimum atomic E-state index is 0.755. The summed E-state index contributed by atoms with van der Waals surface area (Å²) in [5.41, 5.74) is 2.49. The van der Waals surface area contributed by atoms with Gasteiger partial charge >= 0.3 is 0 Å². The molecule has 0 fully saturated rings. The van der Waals surface area contributed by atoms with Crippen LogP contribution in [0.2, 0.25) is 0 Å². The van der Waals surface area contributed by atoms with Crippen LogP contribution in [0.5, 0.6) is 5.75 Å². The van der Waals surface area contributed by atoms with Gasteiger partial charge < -0.3 is 9.64 Å². The summed E-state index contributed by atoms with van der Waals surface area (Å²) in [7, 11) is 0. The molecule has 18 heavy (non-hydrogen) atoms. The Kier molecular flexibility index (Phi) is 3.24. The quantitative estimate of drug-likeness (QED) is 0.835. The van der Waals surface area contributed by atoms with Crippen molar-refractivity contribution >= 4 is 21.6 Å². The van der Waals surface area contributed by atoms with Crippen molar-refractivity contribution < 1.29 is 4.74 Å². The van der Waals surface area contributed by atoms with Crippen LogP contribution in [-0.4, -0.2) is 13.2 Å². The molecule has 0 spiro atoms. The Labute approximate surface area is 115 Å². The maximum Gasteiger partial charge on any atom is 0.142 e. The average molecular weight is 304 g/mol. The van der Waals surface area contributed by atoms with Gasteiger partial charge in [0, 0.05) is 11.0 Å². The molecule has 1 aliphatic rings. The number of anilines is 1. The van der Waals surface area contributed by atoms with Crippen LogP contribution in [0.15, 0.2) is 53.0 Å². The van der Waals surface area contributed by atoms with Crippen molar-refractivity contribution in [1.29, 1.82) is 0 Å². The lowest BCUT2D eigenvalue weighted by atomic mass is 10.1. The highest BCUT2D eigenvalue weighted by Crippen LogP contribution is 2.32. The van der Waals surface area contributed by atoms with Gasteiger partial charge in [0.25, 0.3) is 0 Å². The van der Waals surface area contributed by atoms with Crippen molar-refractivity contribution in [1.82, 2.24) is 0 Å². The molecule has 1 heterocycles. The SMILES string of the molecule is Brc1cccc(CN2CCOc3ccccc32)c1. The highest BCUT2D eigenvalue weighted by atomic mass is 79.9. The summed E-state index contributed by atoms with van der Waals surface area (Å²) in [6.45, 7) is 2.61. The van der Waals surface area contributed by atoms with Crippen molar-refractivity contribution in [2.75, 3.05) is 18.1 Å². The molecular formula is C15H14BrNO. The number of benzene rings is 2. The number of nitrogens with zero attached hydrogens (tertiary/aromatic N) is 1. The highest BCUT2D eigenvalue weighted by molar-refractivity contribution is 9.10. The van der Waals surface area contributed by atoms with Crippen LogP contribution in [0.4, 0.5) is 5.69 Å². The Bertz CT molecular complexity index is 556. The molecule has 3 heteroatoms. The summed E-state index contributed by atoms with van der Waals surface area (Å²) in [6.07, 6.45) is 0. The van der Waals surface area contributed by atoms with Gasteiger partial charge in [-0.05, 0) is 29.8 Å². The number of hydrogen-bond donors (Lipinski definition) is 0. The van der Waals surface area contributed by atoms with Crippen molar-refractivity contribution in [3.05, 3.63) is 58.6 Å². The molecule has 2 aromatic rings. The van der Waals surface area contributed by atoms with Crippen LogP contribution in [-0.2, 0) is 6.54 Å². The van der Waals surface area contributed by atoms with Crippen molar-refractivity contribution in [3.8, 4) is 5.75 Å². The Morgan fingerprint density at radius 2 is 2.00 bits per heavy atom. The fraction of sp³-hybridized carbons (Fsp3) is 0.200. The van der Waals surface area contributed by atoms with Gasteiger partial charge in [-0.3, -0.25) is 0 Å². The van der Waals surface area contributed by atoms with Crippen LogP contribution < -0.4 is 9.64 Å². The van der Waals surface area contributed by atoms with E-state index in [1.54, 1.807) is 0 Å². The number of para-hydroxylation sites is 2. The van der Waals surface area contributed by atoms with Crippen LogP contribution in [0.3, 0.4) is 0 Å². The van der Waals surface area contributed by atoms with E-state index in [9.17, 15) is 0 Å². The molecular weight excluding hydrogens is 290 g/mol. The third kappa shape index (κ3) is 2.36. The Morgan fingerprint density at radius 1 is 1.11 bits per heavy atom. The average Bonchev–Trinajstić information content (AvgIpc) is 2.39. The molecule has 0 aromatic heterocycles. The molecule has 2 aromatic carbocycles. The molecule has 0 saturated heterocycles. The number of rotatable bonds is 2. The molecule has 3 rings (SSSR count). The van der Waals surface area contributed by atoms with Crippen LogP contribution in [0.1, 0.15) is 5.56 Å². The number of halogens is 1. The first-order valence-corrected chi connectivity index (χ1v) is 6.83. The summed E-state index contributed by atoms with van der Waals surface area (Å²) < 4.78 is 6.79. The van der Waals surface area contributed by atoms with E-state index in [1.807, 2.05) is 12.1 Å². The van der Waals surface area contributed by atoms with Gasteiger partial charge in [0.1, 0.15) is 12.4 Å². The topological polar surface area (TPSA) is 12.5 Å². The van der Waals surface area contributed by atoms with E-state index >= 15 is 0 Å². The first-order chi connectivity index (χ1) is 8.83. The lowest BCUT2D eigenvalue weighted by Crippen LogP contribution is -2.32. The van der Waals surface area contributed by atoms with E-state index in [-0.39, 0.29) is 0 Å². The molecule has 0 bridgehead atoms. The van der Waals surface area contributed by atoms with Crippen molar-refractivity contribution in [3.63, 3.8) is 0 Å². The molecule has 92 valence electrons. The molecule has 0 aliphatic carbocycles. The molecule has 1 aliphatic heterocycles. The molecule has 0 unspecified atom stereocenters. The number of ether oxygens (including phenoxy) is 1. The van der Waals surface area contributed by atoms with E-state index in [2.05, 4.69) is 57.2 Å². The molecule has 2 nitrogen and oxygen atoms in total. The lowest BCUT2D eigenvalue weighted by Gasteiger charge is -2.31. The van der Waals surface area contributed by atoms with Gasteiger partial charge in [-0.25, -0.2) is 0 Å². The fourth-order valence-corrected chi connectivity index (χ4v) is 2.69. The normalized spacial score (nSPS) is 13.9. The second-order valence-electron chi connectivity index (χ2n) is 4.37. The van der Waals surface area contributed by atoms with E-state index < -0.39 is 0 Å².